The second kappa shape index (κ2) is 6.96. The maximum absolute atomic E-state index is 11.1. The second-order valence-corrected chi connectivity index (χ2v) is 4.54. The topological polar surface area (TPSA) is 90.4 Å². The Balaban J connectivity index is 2.20. The first-order valence-corrected chi connectivity index (χ1v) is 6.52. The van der Waals surface area contributed by atoms with Crippen molar-refractivity contribution in [2.24, 2.45) is 0 Å². The van der Waals surface area contributed by atoms with E-state index >= 15 is 0 Å². The van der Waals surface area contributed by atoms with E-state index in [4.69, 9.17) is 9.15 Å². The van der Waals surface area contributed by atoms with Crippen LogP contribution < -0.4 is 5.32 Å². The van der Waals surface area contributed by atoms with Gasteiger partial charge < -0.3 is 14.5 Å². The zero-order valence-corrected chi connectivity index (χ0v) is 12.0. The monoisotopic (exact) mass is 291 g/mol. The van der Waals surface area contributed by atoms with Crippen LogP contribution in [0.1, 0.15) is 11.3 Å². The normalized spacial score (nSPS) is 10.8. The highest BCUT2D eigenvalue weighted by molar-refractivity contribution is 5.70. The van der Waals surface area contributed by atoms with Crippen LogP contribution >= 0.6 is 0 Å². The number of oxazole rings is 1. The minimum Gasteiger partial charge on any atom is -0.444 e. The summed E-state index contributed by atoms with van der Waals surface area (Å²) >= 11 is 0. The summed E-state index contributed by atoms with van der Waals surface area (Å²) in [5.41, 5.74) is 1.87. The van der Waals surface area contributed by atoms with Crippen LogP contribution in [0.15, 0.2) is 28.9 Å². The predicted octanol–water partition coefficient (Wildman–Crippen LogP) is 2.29. The molecule has 7 nitrogen and oxygen atoms in total. The van der Waals surface area contributed by atoms with Crippen molar-refractivity contribution in [1.29, 1.82) is 0 Å². The molecule has 0 fully saturated rings. The molecular weight excluding hydrogens is 274 g/mol. The largest absolute Gasteiger partial charge is 0.444 e. The van der Waals surface area contributed by atoms with E-state index < -0.39 is 4.92 Å². The first kappa shape index (κ1) is 15.1. The third-order valence-corrected chi connectivity index (χ3v) is 3.00. The van der Waals surface area contributed by atoms with Gasteiger partial charge in [0.05, 0.1) is 17.2 Å². The van der Waals surface area contributed by atoms with Gasteiger partial charge in [-0.05, 0) is 12.5 Å². The van der Waals surface area contributed by atoms with Crippen molar-refractivity contribution < 1.29 is 14.1 Å². The predicted molar refractivity (Wildman–Crippen MR) is 76.9 cm³/mol. The highest BCUT2D eigenvalue weighted by Crippen LogP contribution is 2.32. The second-order valence-electron chi connectivity index (χ2n) is 4.54. The van der Waals surface area contributed by atoms with Gasteiger partial charge in [-0.25, -0.2) is 4.98 Å². The van der Waals surface area contributed by atoms with Gasteiger partial charge in [0.25, 0.3) is 5.69 Å². The molecular formula is C14H17N3O4. The molecule has 21 heavy (non-hydrogen) atoms. The van der Waals surface area contributed by atoms with Crippen molar-refractivity contribution in [3.8, 4) is 11.5 Å². The molecule has 7 heteroatoms. The first-order chi connectivity index (χ1) is 10.1. The molecule has 2 rings (SSSR count). The Morgan fingerprint density at radius 1 is 1.48 bits per heavy atom. The van der Waals surface area contributed by atoms with Gasteiger partial charge in [0.15, 0.2) is 0 Å². The molecule has 1 aromatic carbocycles. The van der Waals surface area contributed by atoms with Crippen LogP contribution in [-0.4, -0.2) is 30.2 Å². The van der Waals surface area contributed by atoms with Gasteiger partial charge in [0, 0.05) is 26.3 Å². The number of hydrogen-bond donors (Lipinski definition) is 1. The van der Waals surface area contributed by atoms with Gasteiger partial charge in [0.1, 0.15) is 11.8 Å². The lowest BCUT2D eigenvalue weighted by molar-refractivity contribution is -0.384. The quantitative estimate of drug-likeness (QED) is 0.478. The molecule has 2 aromatic rings. The molecule has 0 spiro atoms. The van der Waals surface area contributed by atoms with Gasteiger partial charge in [-0.3, -0.25) is 10.1 Å². The fraction of sp³-hybridized carbons (Fsp3) is 0.357. The lowest BCUT2D eigenvalue weighted by Crippen LogP contribution is -2.18. The van der Waals surface area contributed by atoms with Crippen LogP contribution in [0, 0.1) is 17.0 Å². The van der Waals surface area contributed by atoms with E-state index in [2.05, 4.69) is 10.3 Å². The fourth-order valence-electron chi connectivity index (χ4n) is 1.98. The fourth-order valence-corrected chi connectivity index (χ4v) is 1.98. The van der Waals surface area contributed by atoms with Crippen molar-refractivity contribution in [1.82, 2.24) is 10.3 Å². The SMILES string of the molecule is COCCNCc1coc(-c2c(C)cccc2[N+](=O)[O-])n1. The molecule has 1 heterocycles. The third kappa shape index (κ3) is 3.65. The number of rotatable bonds is 7. The zero-order chi connectivity index (χ0) is 15.2. The van der Waals surface area contributed by atoms with Crippen molar-refractivity contribution in [3.63, 3.8) is 0 Å². The number of aryl methyl sites for hydroxylation is 1. The smallest absolute Gasteiger partial charge is 0.282 e. The Morgan fingerprint density at radius 3 is 3.00 bits per heavy atom. The van der Waals surface area contributed by atoms with E-state index in [9.17, 15) is 10.1 Å². The number of hydrogen-bond acceptors (Lipinski definition) is 6. The summed E-state index contributed by atoms with van der Waals surface area (Å²) in [4.78, 5) is 15.0. The van der Waals surface area contributed by atoms with Crippen LogP contribution in [0.5, 0.6) is 0 Å². The van der Waals surface area contributed by atoms with E-state index in [1.807, 2.05) is 0 Å². The number of benzene rings is 1. The van der Waals surface area contributed by atoms with E-state index in [-0.39, 0.29) is 11.6 Å². The Kier molecular flexibility index (Phi) is 5.02. The molecule has 0 saturated carbocycles. The molecule has 0 atom stereocenters. The Labute approximate surface area is 122 Å². The summed E-state index contributed by atoms with van der Waals surface area (Å²) in [6, 6.07) is 4.89. The highest BCUT2D eigenvalue weighted by atomic mass is 16.6. The van der Waals surface area contributed by atoms with E-state index in [0.717, 1.165) is 5.56 Å². The van der Waals surface area contributed by atoms with Crippen molar-refractivity contribution in [2.45, 2.75) is 13.5 Å². The zero-order valence-electron chi connectivity index (χ0n) is 12.0. The lowest BCUT2D eigenvalue weighted by atomic mass is 10.1. The van der Waals surface area contributed by atoms with Crippen LogP contribution in [0.25, 0.3) is 11.5 Å². The van der Waals surface area contributed by atoms with Crippen LogP contribution in [0.2, 0.25) is 0 Å². The van der Waals surface area contributed by atoms with Crippen molar-refractivity contribution >= 4 is 5.69 Å². The number of aromatic nitrogens is 1. The molecule has 0 bridgehead atoms. The summed E-state index contributed by atoms with van der Waals surface area (Å²) in [5.74, 6) is 0.267. The molecule has 1 N–H and O–H groups in total. The summed E-state index contributed by atoms with van der Waals surface area (Å²) in [6.07, 6.45) is 1.51. The number of nitro groups is 1. The van der Waals surface area contributed by atoms with Crippen molar-refractivity contribution in [3.05, 3.63) is 45.8 Å². The number of methoxy groups -OCH3 is 1. The third-order valence-electron chi connectivity index (χ3n) is 3.00. The summed E-state index contributed by atoms with van der Waals surface area (Å²) < 4.78 is 10.3. The van der Waals surface area contributed by atoms with Gasteiger partial charge in [0.2, 0.25) is 5.89 Å². The number of nitro benzene ring substituents is 1. The average molecular weight is 291 g/mol. The lowest BCUT2D eigenvalue weighted by Gasteiger charge is -2.02. The Bertz CT molecular complexity index is 624. The minimum absolute atomic E-state index is 0.00394. The maximum atomic E-state index is 11.1. The van der Waals surface area contributed by atoms with Crippen LogP contribution in [0.4, 0.5) is 5.69 Å². The molecule has 0 aliphatic rings. The molecule has 0 saturated heterocycles. The van der Waals surface area contributed by atoms with E-state index in [0.29, 0.717) is 31.0 Å². The maximum Gasteiger partial charge on any atom is 0.282 e. The highest BCUT2D eigenvalue weighted by Gasteiger charge is 2.21. The minimum atomic E-state index is -0.428. The van der Waals surface area contributed by atoms with Gasteiger partial charge in [-0.2, -0.15) is 0 Å². The van der Waals surface area contributed by atoms with Gasteiger partial charge in [-0.15, -0.1) is 0 Å². The van der Waals surface area contributed by atoms with E-state index in [1.165, 1.54) is 12.3 Å². The van der Waals surface area contributed by atoms with Gasteiger partial charge in [-0.1, -0.05) is 12.1 Å². The van der Waals surface area contributed by atoms with Crippen LogP contribution in [0.3, 0.4) is 0 Å². The molecule has 112 valence electrons. The summed E-state index contributed by atoms with van der Waals surface area (Å²) in [5, 5.41) is 14.2. The number of nitrogens with zero attached hydrogens (tertiary/aromatic N) is 2. The standard InChI is InChI=1S/C14H17N3O4/c1-10-4-3-5-12(17(18)19)13(10)14-16-11(9-21-14)8-15-6-7-20-2/h3-5,9,15H,6-8H2,1-2H3. The van der Waals surface area contributed by atoms with Crippen molar-refractivity contribution in [2.75, 3.05) is 20.3 Å². The van der Waals surface area contributed by atoms with E-state index in [1.54, 1.807) is 26.2 Å². The number of ether oxygens (including phenoxy) is 1. The molecule has 0 radical (unpaired) electrons. The first-order valence-electron chi connectivity index (χ1n) is 6.52. The Morgan fingerprint density at radius 2 is 2.29 bits per heavy atom. The summed E-state index contributed by atoms with van der Waals surface area (Å²) in [7, 11) is 1.63. The van der Waals surface area contributed by atoms with Crippen LogP contribution in [-0.2, 0) is 11.3 Å². The van der Waals surface area contributed by atoms with Gasteiger partial charge >= 0.3 is 0 Å². The molecule has 0 unspecified atom stereocenters. The average Bonchev–Trinajstić information content (AvgIpc) is 2.91. The summed E-state index contributed by atoms with van der Waals surface area (Å²) in [6.45, 7) is 3.62. The molecule has 0 amide bonds. The molecule has 0 aliphatic heterocycles. The Hall–Kier alpha value is -2.25. The number of nitrogens with one attached hydrogen (secondary N) is 1. The molecule has 1 aromatic heterocycles. The molecule has 0 aliphatic carbocycles.